The summed E-state index contributed by atoms with van der Waals surface area (Å²) in [5.41, 5.74) is 1.67. The highest BCUT2D eigenvalue weighted by Crippen LogP contribution is 2.35. The summed E-state index contributed by atoms with van der Waals surface area (Å²) in [5.74, 6) is 1.08. The molecule has 0 unspecified atom stereocenters. The number of nitrogens with zero attached hydrogens (tertiary/aromatic N) is 6. The minimum Gasteiger partial charge on any atom is -0.492 e. The second-order valence-corrected chi connectivity index (χ2v) is 15.1. The lowest BCUT2D eigenvalue weighted by Gasteiger charge is -2.33. The van der Waals surface area contributed by atoms with Crippen molar-refractivity contribution in [3.63, 3.8) is 0 Å². The van der Waals surface area contributed by atoms with Crippen LogP contribution in [0, 0.1) is 0 Å². The van der Waals surface area contributed by atoms with Gasteiger partial charge in [-0.15, -0.1) is 24.8 Å². The molecule has 2 saturated heterocycles. The Hall–Kier alpha value is -2.46. The summed E-state index contributed by atoms with van der Waals surface area (Å²) in [7, 11) is -3.83. The van der Waals surface area contributed by atoms with Crippen LogP contribution in [0.15, 0.2) is 46.1 Å². The van der Waals surface area contributed by atoms with Crippen molar-refractivity contribution in [2.45, 2.75) is 38.0 Å². The van der Waals surface area contributed by atoms with Gasteiger partial charge in [-0.3, -0.25) is 9.69 Å². The smallest absolute Gasteiger partial charge is 0.262 e. The monoisotopic (exact) mass is 789 g/mol. The number of piperazine rings is 1. The summed E-state index contributed by atoms with van der Waals surface area (Å²) in [6, 6.07) is 10.5. The highest BCUT2D eigenvalue weighted by atomic mass is 35.5. The molecular formula is C33H43Cl4N7O5S. The molecule has 6 rings (SSSR count). The fourth-order valence-corrected chi connectivity index (χ4v) is 8.34. The molecule has 0 bridgehead atoms. The number of rotatable bonds is 11. The molecular weight excluding hydrogens is 748 g/mol. The molecule has 2 aromatic carbocycles. The van der Waals surface area contributed by atoms with Crippen LogP contribution >= 0.6 is 48.0 Å². The molecule has 2 fully saturated rings. The molecule has 12 nitrogen and oxygen atoms in total. The van der Waals surface area contributed by atoms with Crippen molar-refractivity contribution in [1.29, 1.82) is 0 Å². The molecule has 0 radical (unpaired) electrons. The molecule has 0 amide bonds. The second-order valence-electron chi connectivity index (χ2n) is 12.4. The second kappa shape index (κ2) is 17.4. The molecule has 2 aromatic heterocycles. The van der Waals surface area contributed by atoms with Crippen LogP contribution in [0.4, 0.5) is 0 Å². The van der Waals surface area contributed by atoms with Gasteiger partial charge in [0.05, 0.1) is 33.8 Å². The highest BCUT2D eigenvalue weighted by molar-refractivity contribution is 7.89. The number of ether oxygens (including phenoxy) is 2. The molecule has 0 spiro atoms. The maximum atomic E-state index is 13.5. The molecule has 4 heterocycles. The average Bonchev–Trinajstić information content (AvgIpc) is 3.45. The van der Waals surface area contributed by atoms with Gasteiger partial charge in [0.2, 0.25) is 10.0 Å². The third-order valence-electron chi connectivity index (χ3n) is 8.85. The number of halogens is 4. The van der Waals surface area contributed by atoms with E-state index in [1.807, 2.05) is 38.1 Å². The fraction of sp³-hybridized carbons (Fsp3) is 0.485. The average molecular weight is 792 g/mol. The first-order chi connectivity index (χ1) is 23.0. The van der Waals surface area contributed by atoms with Crippen LogP contribution in [0.5, 0.6) is 5.75 Å². The molecule has 2 aliphatic heterocycles. The number of benzene rings is 2. The van der Waals surface area contributed by atoms with Crippen molar-refractivity contribution < 1.29 is 17.9 Å². The normalized spacial score (nSPS) is 16.4. The van der Waals surface area contributed by atoms with Gasteiger partial charge in [-0.1, -0.05) is 56.1 Å². The Balaban J connectivity index is 0.00000281. The van der Waals surface area contributed by atoms with Crippen molar-refractivity contribution in [3.8, 4) is 11.4 Å². The van der Waals surface area contributed by atoms with E-state index in [1.165, 1.54) is 21.1 Å². The van der Waals surface area contributed by atoms with Crippen molar-refractivity contribution in [1.82, 2.24) is 33.9 Å². The van der Waals surface area contributed by atoms with Gasteiger partial charge < -0.3 is 19.4 Å². The van der Waals surface area contributed by atoms with Gasteiger partial charge in [0.25, 0.3) is 5.56 Å². The first kappa shape index (κ1) is 40.3. The van der Waals surface area contributed by atoms with Crippen LogP contribution in [0.3, 0.4) is 0 Å². The third kappa shape index (κ3) is 8.76. The predicted octanol–water partition coefficient (Wildman–Crippen LogP) is 5.01. The maximum absolute atomic E-state index is 13.5. The number of aromatic nitrogens is 4. The molecule has 1 N–H and O–H groups in total. The molecule has 0 aliphatic carbocycles. The van der Waals surface area contributed by atoms with Crippen LogP contribution in [0.25, 0.3) is 16.7 Å². The summed E-state index contributed by atoms with van der Waals surface area (Å²) >= 11 is 13.6. The quantitative estimate of drug-likeness (QED) is 0.223. The van der Waals surface area contributed by atoms with Gasteiger partial charge >= 0.3 is 0 Å². The van der Waals surface area contributed by atoms with Crippen LogP contribution in [-0.4, -0.2) is 114 Å². The molecule has 0 atom stereocenters. The SMILES string of the molecule is CCN1CCN(S(=O)(=O)c2cc(Cl)c(-n3nc(C(C)C)c4c(=O)[nH]c(Cc5ccc(OCCN6CCOCC6)cc5)nc43)c(Cl)c2)CC1.Cl.Cl. The van der Waals surface area contributed by atoms with Crippen LogP contribution < -0.4 is 10.3 Å². The zero-order valence-corrected chi connectivity index (χ0v) is 32.2. The molecule has 2 aliphatic rings. The maximum Gasteiger partial charge on any atom is 0.262 e. The van der Waals surface area contributed by atoms with Crippen LogP contribution in [-0.2, 0) is 21.2 Å². The lowest BCUT2D eigenvalue weighted by Crippen LogP contribution is -2.48. The number of sulfonamides is 1. The first-order valence-corrected chi connectivity index (χ1v) is 18.5. The van der Waals surface area contributed by atoms with Crippen LogP contribution in [0.2, 0.25) is 10.0 Å². The molecule has 274 valence electrons. The van der Waals surface area contributed by atoms with Crippen molar-refractivity contribution in [3.05, 3.63) is 73.9 Å². The Bertz CT molecular complexity index is 1900. The number of morpholine rings is 1. The van der Waals surface area contributed by atoms with E-state index in [4.69, 9.17) is 42.8 Å². The summed E-state index contributed by atoms with van der Waals surface area (Å²) in [6.07, 6.45) is 0.353. The number of hydrogen-bond donors (Lipinski definition) is 1. The Labute approximate surface area is 314 Å². The van der Waals surface area contributed by atoms with Crippen molar-refractivity contribution >= 4 is 69.1 Å². The molecule has 17 heteroatoms. The van der Waals surface area contributed by atoms with Crippen LogP contribution in [0.1, 0.15) is 43.8 Å². The number of nitrogens with one attached hydrogen (secondary N) is 1. The molecule has 0 saturated carbocycles. The lowest BCUT2D eigenvalue weighted by atomic mass is 10.1. The van der Waals surface area contributed by atoms with Gasteiger partial charge in [-0.2, -0.15) is 9.40 Å². The number of fused-ring (bicyclic) bond motifs is 1. The van der Waals surface area contributed by atoms with E-state index in [0.717, 1.165) is 50.7 Å². The summed E-state index contributed by atoms with van der Waals surface area (Å²) in [5, 5.41) is 5.23. The lowest BCUT2D eigenvalue weighted by molar-refractivity contribution is 0.0322. The number of hydrogen-bond acceptors (Lipinski definition) is 9. The fourth-order valence-electron chi connectivity index (χ4n) is 6.08. The van der Waals surface area contributed by atoms with Crippen molar-refractivity contribution in [2.75, 3.05) is 72.2 Å². The topological polar surface area (TPSA) is 126 Å². The Morgan fingerprint density at radius 3 is 2.20 bits per heavy atom. The van der Waals surface area contributed by atoms with E-state index in [-0.39, 0.29) is 62.6 Å². The standard InChI is InChI=1S/C33H41Cl2N7O5S.2ClH/c1-4-39-9-11-41(12-10-39)48(44,45)25-20-26(34)31(27(35)21-25)42-32-29(30(38-42)22(2)3)33(43)37-28(36-32)19-23-5-7-24(8-6-23)47-18-15-40-13-16-46-17-14-40;;/h5-8,20-22H,4,9-19H2,1-3H3,(H,36,37,43);2*1H. The van der Waals surface area contributed by atoms with E-state index in [9.17, 15) is 13.2 Å². The van der Waals surface area contributed by atoms with E-state index >= 15 is 0 Å². The first-order valence-electron chi connectivity index (χ1n) is 16.3. The largest absolute Gasteiger partial charge is 0.492 e. The zero-order chi connectivity index (χ0) is 34.0. The van der Waals surface area contributed by atoms with Gasteiger partial charge in [0.1, 0.15) is 29.3 Å². The van der Waals surface area contributed by atoms with E-state index in [0.29, 0.717) is 56.1 Å². The van der Waals surface area contributed by atoms with E-state index < -0.39 is 10.0 Å². The number of aromatic amines is 1. The Morgan fingerprint density at radius 2 is 1.60 bits per heavy atom. The van der Waals surface area contributed by atoms with Crippen molar-refractivity contribution in [2.24, 2.45) is 0 Å². The predicted molar refractivity (Wildman–Crippen MR) is 201 cm³/mol. The highest BCUT2D eigenvalue weighted by Gasteiger charge is 2.30. The summed E-state index contributed by atoms with van der Waals surface area (Å²) in [6.45, 7) is 13.6. The minimum atomic E-state index is -3.83. The van der Waals surface area contributed by atoms with Gasteiger partial charge in [0.15, 0.2) is 5.65 Å². The Morgan fingerprint density at radius 1 is 0.960 bits per heavy atom. The minimum absolute atomic E-state index is 0. The summed E-state index contributed by atoms with van der Waals surface area (Å²) in [4.78, 5) is 25.8. The summed E-state index contributed by atoms with van der Waals surface area (Å²) < 4.78 is 41.3. The van der Waals surface area contributed by atoms with E-state index in [1.54, 1.807) is 0 Å². The van der Waals surface area contributed by atoms with Gasteiger partial charge in [-0.05, 0) is 42.3 Å². The molecule has 50 heavy (non-hydrogen) atoms. The zero-order valence-electron chi connectivity index (χ0n) is 28.2. The number of likely N-dealkylation sites (N-methyl/N-ethyl adjacent to an activating group) is 1. The Kier molecular flexibility index (Phi) is 14.0. The molecule has 4 aromatic rings. The van der Waals surface area contributed by atoms with E-state index in [2.05, 4.69) is 21.7 Å². The van der Waals surface area contributed by atoms with Gasteiger partial charge in [0, 0.05) is 52.2 Å². The number of H-pyrrole nitrogens is 1. The third-order valence-corrected chi connectivity index (χ3v) is 11.3. The van der Waals surface area contributed by atoms with Gasteiger partial charge in [-0.25, -0.2) is 18.1 Å².